The van der Waals surface area contributed by atoms with Crippen LogP contribution in [0.3, 0.4) is 0 Å². The molecule has 0 fully saturated rings. The van der Waals surface area contributed by atoms with Crippen molar-refractivity contribution >= 4 is 5.69 Å². The molecule has 0 radical (unpaired) electrons. The Hall–Kier alpha value is -2.30. The van der Waals surface area contributed by atoms with E-state index < -0.39 is 29.3 Å². The summed E-state index contributed by atoms with van der Waals surface area (Å²) in [5.74, 6) is -2.58. The zero-order chi connectivity index (χ0) is 15.5. The van der Waals surface area contributed by atoms with Gasteiger partial charge in [0.15, 0.2) is 11.7 Å². The molecule has 1 aromatic rings. The van der Waals surface area contributed by atoms with Crippen molar-refractivity contribution in [3.05, 3.63) is 33.4 Å². The fourth-order valence-corrected chi connectivity index (χ4v) is 1.63. The molecular weight excluding hydrogens is 277 g/mol. The number of benzene rings is 1. The summed E-state index contributed by atoms with van der Waals surface area (Å²) >= 11 is 0. The average Bonchev–Trinajstić information content (AvgIpc) is 2.29. The van der Waals surface area contributed by atoms with E-state index >= 15 is 0 Å². The summed E-state index contributed by atoms with van der Waals surface area (Å²) in [6, 6.07) is 3.83. The normalized spacial score (nSPS) is 12.6. The van der Waals surface area contributed by atoms with Crippen LogP contribution in [0.5, 0.6) is 5.75 Å². The van der Waals surface area contributed by atoms with Crippen molar-refractivity contribution in [2.24, 2.45) is 5.92 Å². The van der Waals surface area contributed by atoms with Gasteiger partial charge in [0.05, 0.1) is 11.0 Å². The van der Waals surface area contributed by atoms with Gasteiger partial charge >= 0.3 is 11.9 Å². The van der Waals surface area contributed by atoms with Crippen LogP contribution in [-0.4, -0.2) is 17.7 Å². The topological polar surface area (TPSA) is 76.2 Å². The van der Waals surface area contributed by atoms with E-state index in [-0.39, 0.29) is 5.75 Å². The first kappa shape index (κ1) is 15.8. The van der Waals surface area contributed by atoms with Gasteiger partial charge in [-0.15, -0.1) is 0 Å². The summed E-state index contributed by atoms with van der Waals surface area (Å²) < 4.78 is 42.1. The molecule has 0 amide bonds. The molecule has 20 heavy (non-hydrogen) atoms. The van der Waals surface area contributed by atoms with Gasteiger partial charge in [0.25, 0.3) is 0 Å². The second-order valence-electron chi connectivity index (χ2n) is 4.22. The van der Waals surface area contributed by atoms with E-state index in [2.05, 4.69) is 0 Å². The van der Waals surface area contributed by atoms with Crippen LogP contribution < -0.4 is 4.74 Å². The van der Waals surface area contributed by atoms with Gasteiger partial charge in [0, 0.05) is 6.07 Å². The van der Waals surface area contributed by atoms with Crippen molar-refractivity contribution in [3.63, 3.8) is 0 Å². The Morgan fingerprint density at radius 1 is 1.45 bits per heavy atom. The minimum Gasteiger partial charge on any atom is -0.485 e. The number of nitro groups is 1. The molecular formula is C12H11F3N2O3. The molecule has 0 saturated carbocycles. The Morgan fingerprint density at radius 2 is 2.05 bits per heavy atom. The molecule has 1 atom stereocenters. The number of nitro benzene ring substituents is 1. The number of rotatable bonds is 4. The highest BCUT2D eigenvalue weighted by atomic mass is 19.4. The zero-order valence-electron chi connectivity index (χ0n) is 10.7. The third-order valence-electron chi connectivity index (χ3n) is 2.54. The van der Waals surface area contributed by atoms with Crippen LogP contribution in [0, 0.1) is 41.2 Å². The first-order chi connectivity index (χ1) is 9.16. The van der Waals surface area contributed by atoms with Crippen LogP contribution in [0.25, 0.3) is 0 Å². The molecule has 0 aliphatic carbocycles. The van der Waals surface area contributed by atoms with Gasteiger partial charge in [0.2, 0.25) is 0 Å². The maximum absolute atomic E-state index is 12.4. The molecule has 1 aromatic carbocycles. The lowest BCUT2D eigenvalue weighted by Gasteiger charge is -2.15. The monoisotopic (exact) mass is 288 g/mol. The fraction of sp³-hybridized carbons (Fsp3) is 0.417. The van der Waals surface area contributed by atoms with Crippen molar-refractivity contribution in [1.82, 2.24) is 0 Å². The number of alkyl halides is 3. The van der Waals surface area contributed by atoms with Crippen LogP contribution in [0.2, 0.25) is 0 Å². The van der Waals surface area contributed by atoms with Crippen LogP contribution in [0.15, 0.2) is 12.1 Å². The smallest absolute Gasteiger partial charge is 0.407 e. The van der Waals surface area contributed by atoms with Crippen molar-refractivity contribution in [1.29, 1.82) is 5.26 Å². The first-order valence-electron chi connectivity index (χ1n) is 5.51. The molecule has 0 N–H and O–H groups in total. The van der Waals surface area contributed by atoms with Crippen LogP contribution in [0.4, 0.5) is 18.9 Å². The lowest BCUT2D eigenvalue weighted by atomic mass is 10.1. The summed E-state index contributed by atoms with van der Waals surface area (Å²) in [7, 11) is 0. The average molecular weight is 288 g/mol. The number of aryl methyl sites for hydroxylation is 2. The summed E-state index contributed by atoms with van der Waals surface area (Å²) in [5, 5.41) is 19.3. The molecule has 0 heterocycles. The fourth-order valence-electron chi connectivity index (χ4n) is 1.63. The molecule has 0 spiro atoms. The summed E-state index contributed by atoms with van der Waals surface area (Å²) in [5.41, 5.74) is 0.520. The van der Waals surface area contributed by atoms with E-state index in [1.165, 1.54) is 13.0 Å². The van der Waals surface area contributed by atoms with Crippen molar-refractivity contribution in [2.75, 3.05) is 6.61 Å². The Morgan fingerprint density at radius 3 is 2.50 bits per heavy atom. The minimum atomic E-state index is -4.73. The molecule has 108 valence electrons. The standard InChI is InChI=1S/C12H11F3N2O3/c1-7-3-8(2)11(10(4-7)17(18)19)20-6-9(5-16)12(13,14)15/h3-4,9H,6H2,1-2H3. The van der Waals surface area contributed by atoms with Gasteiger partial charge in [-0.05, 0) is 25.0 Å². The Labute approximate surface area is 112 Å². The number of halogens is 3. The highest BCUT2D eigenvalue weighted by molar-refractivity contribution is 5.53. The predicted molar refractivity (Wildman–Crippen MR) is 63.2 cm³/mol. The first-order valence-corrected chi connectivity index (χ1v) is 5.51. The highest BCUT2D eigenvalue weighted by Gasteiger charge is 2.41. The highest BCUT2D eigenvalue weighted by Crippen LogP contribution is 2.34. The molecule has 1 rings (SSSR count). The summed E-state index contributed by atoms with van der Waals surface area (Å²) in [6.45, 7) is 2.13. The molecule has 0 saturated heterocycles. The maximum Gasteiger partial charge on any atom is 0.407 e. The van der Waals surface area contributed by atoms with E-state index in [1.54, 1.807) is 13.0 Å². The Bertz CT molecular complexity index is 564. The van der Waals surface area contributed by atoms with Crippen molar-refractivity contribution < 1.29 is 22.8 Å². The molecule has 5 nitrogen and oxygen atoms in total. The lowest BCUT2D eigenvalue weighted by Crippen LogP contribution is -2.27. The molecule has 0 bridgehead atoms. The molecule has 1 unspecified atom stereocenters. The Kier molecular flexibility index (Phi) is 4.55. The van der Waals surface area contributed by atoms with E-state index in [9.17, 15) is 23.3 Å². The lowest BCUT2D eigenvalue weighted by molar-refractivity contribution is -0.386. The second-order valence-corrected chi connectivity index (χ2v) is 4.22. The van der Waals surface area contributed by atoms with E-state index in [0.29, 0.717) is 11.1 Å². The molecule has 8 heteroatoms. The van der Waals surface area contributed by atoms with Crippen LogP contribution in [0.1, 0.15) is 11.1 Å². The van der Waals surface area contributed by atoms with E-state index in [4.69, 9.17) is 10.00 Å². The largest absolute Gasteiger partial charge is 0.485 e. The van der Waals surface area contributed by atoms with Gasteiger partial charge in [-0.1, -0.05) is 6.07 Å². The van der Waals surface area contributed by atoms with Gasteiger partial charge in [-0.3, -0.25) is 10.1 Å². The van der Waals surface area contributed by atoms with Crippen LogP contribution in [-0.2, 0) is 0 Å². The third kappa shape index (κ3) is 3.60. The van der Waals surface area contributed by atoms with Gasteiger partial charge < -0.3 is 4.74 Å². The zero-order valence-corrected chi connectivity index (χ0v) is 10.7. The maximum atomic E-state index is 12.4. The number of nitriles is 1. The number of nitrogens with zero attached hydrogens (tertiary/aromatic N) is 2. The van der Waals surface area contributed by atoms with Gasteiger partial charge in [-0.25, -0.2) is 0 Å². The summed E-state index contributed by atoms with van der Waals surface area (Å²) in [6.07, 6.45) is -4.73. The quantitative estimate of drug-likeness (QED) is 0.629. The summed E-state index contributed by atoms with van der Waals surface area (Å²) in [4.78, 5) is 10.1. The van der Waals surface area contributed by atoms with Crippen molar-refractivity contribution in [3.8, 4) is 11.8 Å². The Balaban J connectivity index is 3.04. The van der Waals surface area contributed by atoms with E-state index in [1.807, 2.05) is 0 Å². The second kappa shape index (κ2) is 5.77. The number of hydrogen-bond acceptors (Lipinski definition) is 4. The third-order valence-corrected chi connectivity index (χ3v) is 2.54. The SMILES string of the molecule is Cc1cc(C)c(OCC(C#N)C(F)(F)F)c([N+](=O)[O-])c1. The molecule has 0 aliphatic rings. The molecule has 0 aromatic heterocycles. The predicted octanol–water partition coefficient (Wildman–Crippen LogP) is 3.29. The molecule has 0 aliphatic heterocycles. The van der Waals surface area contributed by atoms with Crippen LogP contribution >= 0.6 is 0 Å². The van der Waals surface area contributed by atoms with Gasteiger partial charge in [-0.2, -0.15) is 18.4 Å². The van der Waals surface area contributed by atoms with E-state index in [0.717, 1.165) is 6.07 Å². The van der Waals surface area contributed by atoms with Gasteiger partial charge in [0.1, 0.15) is 6.61 Å². The van der Waals surface area contributed by atoms with Crippen molar-refractivity contribution in [2.45, 2.75) is 20.0 Å². The number of ether oxygens (including phenoxy) is 1. The number of hydrogen-bond donors (Lipinski definition) is 0. The minimum absolute atomic E-state index is 0.245.